The maximum Gasteiger partial charge on any atom is 0.309 e. The highest BCUT2D eigenvalue weighted by molar-refractivity contribution is 5.74. The fourth-order valence-electron chi connectivity index (χ4n) is 3.37. The van der Waals surface area contributed by atoms with Gasteiger partial charge in [0.05, 0.1) is 5.41 Å². The first-order chi connectivity index (χ1) is 8.01. The minimum atomic E-state index is -0.643. The molecule has 1 saturated carbocycles. The zero-order valence-electron chi connectivity index (χ0n) is 11.1. The quantitative estimate of drug-likeness (QED) is 0.823. The second-order valence-corrected chi connectivity index (χ2v) is 6.30. The third kappa shape index (κ3) is 2.65. The first kappa shape index (κ1) is 12.9. The van der Waals surface area contributed by atoms with Gasteiger partial charge >= 0.3 is 5.97 Å². The predicted octanol–water partition coefficient (Wildman–Crippen LogP) is 2.75. The van der Waals surface area contributed by atoms with Crippen molar-refractivity contribution in [3.05, 3.63) is 0 Å². The van der Waals surface area contributed by atoms with E-state index >= 15 is 0 Å². The van der Waals surface area contributed by atoms with Crippen LogP contribution in [-0.2, 0) is 4.79 Å². The van der Waals surface area contributed by atoms with Crippen LogP contribution in [0.25, 0.3) is 0 Å². The Morgan fingerprint density at radius 3 is 2.41 bits per heavy atom. The topological polar surface area (TPSA) is 40.5 Å². The van der Waals surface area contributed by atoms with Crippen LogP contribution in [-0.4, -0.2) is 35.1 Å². The van der Waals surface area contributed by atoms with Crippen LogP contribution in [0, 0.1) is 11.3 Å². The van der Waals surface area contributed by atoms with Gasteiger partial charge in [0, 0.05) is 12.6 Å². The van der Waals surface area contributed by atoms with E-state index in [4.69, 9.17) is 0 Å². The van der Waals surface area contributed by atoms with Crippen molar-refractivity contribution >= 4 is 5.97 Å². The Balaban J connectivity index is 1.99. The minimum absolute atomic E-state index is 0.314. The molecule has 0 aromatic heterocycles. The van der Waals surface area contributed by atoms with Gasteiger partial charge in [-0.1, -0.05) is 12.8 Å². The van der Waals surface area contributed by atoms with E-state index < -0.39 is 11.4 Å². The number of rotatable bonds is 3. The second kappa shape index (κ2) is 4.97. The van der Waals surface area contributed by atoms with Crippen molar-refractivity contribution in [2.24, 2.45) is 11.3 Å². The van der Waals surface area contributed by atoms with E-state index in [1.54, 1.807) is 0 Å². The Kier molecular flexibility index (Phi) is 3.76. The number of piperidine rings is 1. The molecule has 98 valence electrons. The van der Waals surface area contributed by atoms with Crippen LogP contribution in [0.4, 0.5) is 0 Å². The van der Waals surface area contributed by atoms with Crippen molar-refractivity contribution in [2.75, 3.05) is 13.1 Å². The Hall–Kier alpha value is -0.570. The Labute approximate surface area is 104 Å². The Bertz CT molecular complexity index is 282. The summed E-state index contributed by atoms with van der Waals surface area (Å²) < 4.78 is 0. The van der Waals surface area contributed by atoms with Crippen molar-refractivity contribution in [2.45, 2.75) is 58.4 Å². The normalized spacial score (nSPS) is 28.5. The number of carboxylic acids is 1. The SMILES string of the molecule is CC(C)(C(=O)O)C1CCCN(C2CCCC2)C1. The molecule has 1 N–H and O–H groups in total. The fourth-order valence-corrected chi connectivity index (χ4v) is 3.37. The summed E-state index contributed by atoms with van der Waals surface area (Å²) >= 11 is 0. The third-order valence-corrected chi connectivity index (χ3v) is 4.87. The smallest absolute Gasteiger partial charge is 0.309 e. The first-order valence-electron chi connectivity index (χ1n) is 6.99. The van der Waals surface area contributed by atoms with Gasteiger partial charge in [0.25, 0.3) is 0 Å². The lowest BCUT2D eigenvalue weighted by molar-refractivity contribution is -0.151. The molecule has 17 heavy (non-hydrogen) atoms. The van der Waals surface area contributed by atoms with Gasteiger partial charge in [0.1, 0.15) is 0 Å². The zero-order chi connectivity index (χ0) is 12.5. The van der Waals surface area contributed by atoms with Gasteiger partial charge in [-0.2, -0.15) is 0 Å². The first-order valence-corrected chi connectivity index (χ1v) is 6.99. The summed E-state index contributed by atoms with van der Waals surface area (Å²) in [5.74, 6) is -0.329. The molecule has 2 fully saturated rings. The number of nitrogens with zero attached hydrogens (tertiary/aromatic N) is 1. The number of hydrogen-bond donors (Lipinski definition) is 1. The molecule has 1 aliphatic carbocycles. The van der Waals surface area contributed by atoms with Crippen molar-refractivity contribution in [3.63, 3.8) is 0 Å². The average Bonchev–Trinajstić information content (AvgIpc) is 2.82. The summed E-state index contributed by atoms with van der Waals surface area (Å²) in [5, 5.41) is 9.33. The van der Waals surface area contributed by atoms with E-state index in [0.29, 0.717) is 5.92 Å². The molecular weight excluding hydrogens is 214 g/mol. The largest absolute Gasteiger partial charge is 0.481 e. The maximum atomic E-state index is 11.3. The van der Waals surface area contributed by atoms with Crippen molar-refractivity contribution in [3.8, 4) is 0 Å². The summed E-state index contributed by atoms with van der Waals surface area (Å²) in [6.45, 7) is 5.94. The molecule has 1 atom stereocenters. The zero-order valence-corrected chi connectivity index (χ0v) is 11.1. The highest BCUT2D eigenvalue weighted by atomic mass is 16.4. The lowest BCUT2D eigenvalue weighted by Crippen LogP contribution is -2.47. The monoisotopic (exact) mass is 239 g/mol. The van der Waals surface area contributed by atoms with Gasteiger partial charge in [-0.05, 0) is 52.0 Å². The molecule has 3 nitrogen and oxygen atoms in total. The van der Waals surface area contributed by atoms with Gasteiger partial charge < -0.3 is 10.0 Å². The Morgan fingerprint density at radius 1 is 1.18 bits per heavy atom. The molecule has 3 heteroatoms. The molecule has 1 unspecified atom stereocenters. The van der Waals surface area contributed by atoms with Gasteiger partial charge in [-0.25, -0.2) is 0 Å². The van der Waals surface area contributed by atoms with Gasteiger partial charge in [0.2, 0.25) is 0 Å². The van der Waals surface area contributed by atoms with Crippen molar-refractivity contribution in [1.29, 1.82) is 0 Å². The van der Waals surface area contributed by atoms with Crippen LogP contribution in [0.15, 0.2) is 0 Å². The number of likely N-dealkylation sites (tertiary alicyclic amines) is 1. The molecule has 1 heterocycles. The Morgan fingerprint density at radius 2 is 1.82 bits per heavy atom. The molecule has 0 aromatic rings. The van der Waals surface area contributed by atoms with E-state index in [1.807, 2.05) is 13.8 Å². The molecule has 0 aromatic carbocycles. The third-order valence-electron chi connectivity index (χ3n) is 4.87. The van der Waals surface area contributed by atoms with Crippen molar-refractivity contribution in [1.82, 2.24) is 4.90 Å². The van der Waals surface area contributed by atoms with Crippen LogP contribution in [0.1, 0.15) is 52.4 Å². The molecule has 0 bridgehead atoms. The fraction of sp³-hybridized carbons (Fsp3) is 0.929. The standard InChI is InChI=1S/C14H25NO2/c1-14(2,13(16)17)11-6-5-9-15(10-11)12-7-3-4-8-12/h11-12H,3-10H2,1-2H3,(H,16,17). The van der Waals surface area contributed by atoms with Crippen LogP contribution in [0.5, 0.6) is 0 Å². The second-order valence-electron chi connectivity index (χ2n) is 6.30. The number of carboxylic acid groups (broad SMARTS) is 1. The number of carbonyl (C=O) groups is 1. The van der Waals surface area contributed by atoms with Crippen LogP contribution >= 0.6 is 0 Å². The molecule has 0 spiro atoms. The minimum Gasteiger partial charge on any atom is -0.481 e. The molecule has 1 saturated heterocycles. The van der Waals surface area contributed by atoms with E-state index in [0.717, 1.165) is 25.4 Å². The van der Waals surface area contributed by atoms with Crippen LogP contribution in [0.3, 0.4) is 0 Å². The summed E-state index contributed by atoms with van der Waals surface area (Å²) in [4.78, 5) is 13.9. The summed E-state index contributed by atoms with van der Waals surface area (Å²) in [7, 11) is 0. The average molecular weight is 239 g/mol. The molecule has 1 aliphatic heterocycles. The van der Waals surface area contributed by atoms with Crippen LogP contribution in [0.2, 0.25) is 0 Å². The molecule has 0 radical (unpaired) electrons. The van der Waals surface area contributed by atoms with Crippen LogP contribution < -0.4 is 0 Å². The van der Waals surface area contributed by atoms with E-state index in [2.05, 4.69) is 4.90 Å². The highest BCUT2D eigenvalue weighted by Gasteiger charge is 2.40. The molecule has 2 aliphatic rings. The summed E-state index contributed by atoms with van der Waals surface area (Å²) in [5.41, 5.74) is -0.572. The highest BCUT2D eigenvalue weighted by Crippen LogP contribution is 2.36. The lowest BCUT2D eigenvalue weighted by Gasteiger charge is -2.41. The molecular formula is C14H25NO2. The van der Waals surface area contributed by atoms with E-state index in [9.17, 15) is 9.90 Å². The van der Waals surface area contributed by atoms with E-state index in [1.165, 1.54) is 32.2 Å². The number of aliphatic carboxylic acids is 1. The van der Waals surface area contributed by atoms with E-state index in [-0.39, 0.29) is 0 Å². The lowest BCUT2D eigenvalue weighted by atomic mass is 9.74. The molecule has 0 amide bonds. The summed E-state index contributed by atoms with van der Waals surface area (Å²) in [6, 6.07) is 0.738. The maximum absolute atomic E-state index is 11.3. The molecule has 2 rings (SSSR count). The van der Waals surface area contributed by atoms with Crippen molar-refractivity contribution < 1.29 is 9.90 Å². The van der Waals surface area contributed by atoms with Gasteiger partial charge in [0.15, 0.2) is 0 Å². The van der Waals surface area contributed by atoms with Gasteiger partial charge in [-0.15, -0.1) is 0 Å². The van der Waals surface area contributed by atoms with Gasteiger partial charge in [-0.3, -0.25) is 4.79 Å². The predicted molar refractivity (Wildman–Crippen MR) is 68.0 cm³/mol. The number of hydrogen-bond acceptors (Lipinski definition) is 2. The summed E-state index contributed by atoms with van der Waals surface area (Å²) in [6.07, 6.45) is 7.59.